The normalized spacial score (nSPS) is 58.0. The van der Waals surface area contributed by atoms with Crippen molar-refractivity contribution >= 4 is 0 Å². The van der Waals surface area contributed by atoms with Gasteiger partial charge in [-0.05, 0) is 32.7 Å². The minimum absolute atomic E-state index is 0.164. The van der Waals surface area contributed by atoms with Crippen LogP contribution in [0.25, 0.3) is 0 Å². The van der Waals surface area contributed by atoms with Gasteiger partial charge in [-0.1, -0.05) is 6.85 Å². The summed E-state index contributed by atoms with van der Waals surface area (Å²) in [5, 5.41) is 1.21. The molecule has 0 aromatic carbocycles. The van der Waals surface area contributed by atoms with Gasteiger partial charge in [0, 0.05) is 11.0 Å². The van der Waals surface area contributed by atoms with Crippen molar-refractivity contribution in [1.82, 2.24) is 5.31 Å². The van der Waals surface area contributed by atoms with E-state index in [2.05, 4.69) is 0 Å². The third-order valence-corrected chi connectivity index (χ3v) is 1.30. The molecule has 0 amide bonds. The van der Waals surface area contributed by atoms with Crippen molar-refractivity contribution in [2.45, 2.75) is 32.6 Å². The van der Waals surface area contributed by atoms with Crippen LogP contribution in [0.1, 0.15) is 32.6 Å². The minimum Gasteiger partial charge on any atom is -0.312 e. The molecule has 0 saturated carbocycles. The van der Waals surface area contributed by atoms with Crippen LogP contribution in [0.3, 0.4) is 0 Å². The van der Waals surface area contributed by atoms with E-state index in [1.54, 1.807) is 13.8 Å². The van der Waals surface area contributed by atoms with Gasteiger partial charge in [0.05, 0.1) is 0 Å². The highest BCUT2D eigenvalue weighted by Crippen LogP contribution is 2.21. The van der Waals surface area contributed by atoms with Gasteiger partial charge >= 0.3 is 0 Å². The van der Waals surface area contributed by atoms with Crippen molar-refractivity contribution in [3.05, 3.63) is 0 Å². The summed E-state index contributed by atoms with van der Waals surface area (Å²) in [5.74, 6) is -0.694. The Labute approximate surface area is 58.6 Å². The molecule has 0 aromatic rings. The molecular formula is C7H15N. The largest absolute Gasteiger partial charge is 0.312 e. The van der Waals surface area contributed by atoms with E-state index in [0.29, 0.717) is 0 Å². The molecule has 0 aromatic heterocycles. The van der Waals surface area contributed by atoms with Crippen LogP contribution < -0.4 is 5.31 Å². The molecule has 1 heterocycles. The average molecular weight is 118 g/mol. The lowest BCUT2D eigenvalue weighted by atomic mass is 9.99. The van der Waals surface area contributed by atoms with Crippen molar-refractivity contribution < 1.29 is 6.89 Å². The molecule has 1 N–H and O–H groups in total. The van der Waals surface area contributed by atoms with Gasteiger partial charge in [0.15, 0.2) is 0 Å². The minimum atomic E-state index is -2.11. The zero-order valence-corrected chi connectivity index (χ0v) is 5.31. The number of nitrogens with one attached hydrogen (secondary N) is 1. The lowest BCUT2D eigenvalue weighted by molar-refractivity contribution is 0.448. The fraction of sp³-hybridized carbons (Fsp3) is 1.00. The smallest absolute Gasteiger partial charge is 0.123 e. The summed E-state index contributed by atoms with van der Waals surface area (Å²) in [7, 11) is 0. The first-order valence-corrected chi connectivity index (χ1v) is 2.86. The molecule has 0 aliphatic carbocycles. The van der Waals surface area contributed by atoms with Gasteiger partial charge in [0.2, 0.25) is 0 Å². The van der Waals surface area contributed by atoms with E-state index in [9.17, 15) is 0 Å². The molecule has 1 nitrogen and oxygen atoms in total. The van der Waals surface area contributed by atoms with Gasteiger partial charge in [-0.2, -0.15) is 0 Å². The Morgan fingerprint density at radius 2 is 2.75 bits per heavy atom. The fourth-order valence-corrected chi connectivity index (χ4v) is 0.931. The molecule has 0 radical (unpaired) electrons. The van der Waals surface area contributed by atoms with Crippen LogP contribution in [0.5, 0.6) is 0 Å². The van der Waals surface area contributed by atoms with Crippen molar-refractivity contribution in [3.63, 3.8) is 0 Å². The molecule has 0 bridgehead atoms. The second-order valence-electron chi connectivity index (χ2n) is 2.77. The van der Waals surface area contributed by atoms with Crippen molar-refractivity contribution in [1.29, 1.82) is 0 Å². The molecule has 1 aliphatic heterocycles. The highest BCUT2D eigenvalue weighted by Gasteiger charge is 2.26. The molecule has 1 heteroatoms. The number of hydrogen-bond donors (Lipinski definition) is 1. The van der Waals surface area contributed by atoms with Gasteiger partial charge in [-0.25, -0.2) is 0 Å². The number of hydrogen-bond acceptors (Lipinski definition) is 1. The molecule has 1 rings (SSSR count). The molecular weight excluding hydrogens is 98.1 g/mol. The fourth-order valence-electron chi connectivity index (χ4n) is 0.931. The van der Waals surface area contributed by atoms with Gasteiger partial charge in [-0.15, -0.1) is 0 Å². The Morgan fingerprint density at radius 3 is 3.00 bits per heavy atom. The second-order valence-corrected chi connectivity index (χ2v) is 2.77. The molecule has 2 atom stereocenters. The third kappa shape index (κ3) is 1.22. The maximum Gasteiger partial charge on any atom is 0.123 e. The van der Waals surface area contributed by atoms with E-state index < -0.39 is 24.7 Å². The summed E-state index contributed by atoms with van der Waals surface area (Å²) in [4.78, 5) is 0. The quantitative estimate of drug-likeness (QED) is 0.507. The Balaban J connectivity index is 2.86. The molecule has 1 aliphatic rings. The summed E-state index contributed by atoms with van der Waals surface area (Å²) < 4.78 is 37.0. The summed E-state index contributed by atoms with van der Waals surface area (Å²) in [6.07, 6.45) is -0.711. The SMILES string of the molecule is [2H]C1C(C([2H])([2H])[2H])CN([2H])C1(C)C. The van der Waals surface area contributed by atoms with Crippen molar-refractivity contribution in [2.24, 2.45) is 5.92 Å². The van der Waals surface area contributed by atoms with Crippen LogP contribution in [-0.4, -0.2) is 12.1 Å². The van der Waals surface area contributed by atoms with Crippen molar-refractivity contribution in [3.8, 4) is 0 Å². The summed E-state index contributed by atoms with van der Waals surface area (Å²) >= 11 is 0. The molecule has 48 valence electrons. The van der Waals surface area contributed by atoms with Gasteiger partial charge in [-0.3, -0.25) is 0 Å². The van der Waals surface area contributed by atoms with Crippen LogP contribution in [0.2, 0.25) is 1.41 Å². The highest BCUT2D eigenvalue weighted by molar-refractivity contribution is 4.86. The third-order valence-electron chi connectivity index (χ3n) is 1.30. The second kappa shape index (κ2) is 1.73. The Morgan fingerprint density at radius 1 is 2.00 bits per heavy atom. The lowest BCUT2D eigenvalue weighted by Crippen LogP contribution is -2.31. The van der Waals surface area contributed by atoms with E-state index >= 15 is 0 Å². The number of rotatable bonds is 0. The molecule has 2 unspecified atom stereocenters. The van der Waals surface area contributed by atoms with E-state index in [1.807, 2.05) is 0 Å². The maximum atomic E-state index is 7.76. The average Bonchev–Trinajstić information content (AvgIpc) is 2.12. The molecule has 1 saturated heterocycles. The van der Waals surface area contributed by atoms with E-state index in [4.69, 9.17) is 6.89 Å². The summed E-state index contributed by atoms with van der Waals surface area (Å²) in [5.41, 5.74) is -0.654. The predicted molar refractivity (Wildman–Crippen MR) is 35.9 cm³/mol. The Kier molecular flexibility index (Phi) is 0.496. The first-order valence-electron chi connectivity index (χ1n) is 5.38. The highest BCUT2D eigenvalue weighted by atomic mass is 15.0. The monoisotopic (exact) mass is 118 g/mol. The van der Waals surface area contributed by atoms with Crippen LogP contribution >= 0.6 is 0 Å². The van der Waals surface area contributed by atoms with E-state index in [-0.39, 0.29) is 6.54 Å². The van der Waals surface area contributed by atoms with E-state index in [0.717, 1.165) is 0 Å². The zero-order chi connectivity index (χ0) is 10.4. The van der Waals surface area contributed by atoms with Crippen LogP contribution in [-0.2, 0) is 0 Å². The van der Waals surface area contributed by atoms with Crippen LogP contribution in [0.15, 0.2) is 0 Å². The Bertz CT molecular complexity index is 200. The van der Waals surface area contributed by atoms with Crippen LogP contribution in [0.4, 0.5) is 0 Å². The predicted octanol–water partition coefficient (Wildman–Crippen LogP) is 1.39. The Hall–Kier alpha value is -0.0400. The standard InChI is InChI=1S/C7H15N/c1-6-4-7(2,3)8-5-6/h6,8H,4-5H2,1-3H3/i1D3,4D/hD. The van der Waals surface area contributed by atoms with Gasteiger partial charge in [0.25, 0.3) is 0 Å². The van der Waals surface area contributed by atoms with E-state index in [1.165, 1.54) is 5.31 Å². The topological polar surface area (TPSA) is 12.0 Å². The lowest BCUT2D eigenvalue weighted by Gasteiger charge is -2.16. The van der Waals surface area contributed by atoms with Crippen molar-refractivity contribution in [2.75, 3.05) is 6.54 Å². The summed E-state index contributed by atoms with van der Waals surface area (Å²) in [6.45, 7) is 1.53. The maximum absolute atomic E-state index is 7.76. The first kappa shape index (κ1) is 2.30. The van der Waals surface area contributed by atoms with Gasteiger partial charge < -0.3 is 5.31 Å². The molecule has 8 heavy (non-hydrogen) atoms. The summed E-state index contributed by atoms with van der Waals surface area (Å²) in [6, 6.07) is 0. The molecule has 0 spiro atoms. The van der Waals surface area contributed by atoms with Crippen LogP contribution in [0, 0.1) is 5.92 Å². The van der Waals surface area contributed by atoms with Gasteiger partial charge in [0.1, 0.15) is 1.41 Å². The molecule has 1 fully saturated rings. The zero-order valence-electron chi connectivity index (χ0n) is 10.3. The first-order chi connectivity index (χ1) is 5.67.